The van der Waals surface area contributed by atoms with E-state index in [1.807, 2.05) is 0 Å². The van der Waals surface area contributed by atoms with E-state index in [2.05, 4.69) is 0 Å². The summed E-state index contributed by atoms with van der Waals surface area (Å²) in [5.74, 6) is 0. The van der Waals surface area contributed by atoms with Crippen molar-refractivity contribution in [3.63, 3.8) is 0 Å². The molecule has 0 aliphatic heterocycles. The molecule has 0 aliphatic carbocycles. The summed E-state index contributed by atoms with van der Waals surface area (Å²) in [5, 5.41) is 17.0. The van der Waals surface area contributed by atoms with Gasteiger partial charge in [0.15, 0.2) is 0 Å². The Bertz CT molecular complexity index is 771. The normalized spacial score (nSPS) is 13.3. The highest BCUT2D eigenvalue weighted by molar-refractivity contribution is 5.61. The molecule has 0 heterocycles. The minimum atomic E-state index is -6.27. The average molecular weight is 414 g/mol. The maximum absolute atomic E-state index is 13.1. The van der Waals surface area contributed by atoms with Gasteiger partial charge in [0.25, 0.3) is 0 Å². The average Bonchev–Trinajstić information content (AvgIpc) is 2.41. The van der Waals surface area contributed by atoms with Crippen molar-refractivity contribution in [2.75, 3.05) is 0 Å². The Labute approximate surface area is 141 Å². The largest absolute Gasteiger partial charge is 0.418 e. The van der Waals surface area contributed by atoms with E-state index in [0.29, 0.717) is 6.07 Å². The van der Waals surface area contributed by atoms with Gasteiger partial charge in [-0.15, -0.1) is 0 Å². The molecule has 0 saturated carbocycles. The third-order valence-electron chi connectivity index (χ3n) is 3.11. The van der Waals surface area contributed by atoms with Gasteiger partial charge in [0, 0.05) is 0 Å². The van der Waals surface area contributed by atoms with Crippen LogP contribution in [-0.4, -0.2) is 0 Å². The molecule has 0 aromatic heterocycles. The van der Waals surface area contributed by atoms with Gasteiger partial charge in [0.2, 0.25) is 0 Å². The first-order valence-electron chi connectivity index (χ1n) is 6.17. The highest BCUT2D eigenvalue weighted by Gasteiger charge is 2.55. The zero-order valence-electron chi connectivity index (χ0n) is 12.1. The minimum Gasteiger partial charge on any atom is -0.198 e. The molecular formula is C13H2F12N2. The Morgan fingerprint density at radius 1 is 0.556 bits per heavy atom. The van der Waals surface area contributed by atoms with Crippen molar-refractivity contribution in [3.8, 4) is 12.1 Å². The van der Waals surface area contributed by atoms with Crippen molar-refractivity contribution in [1.29, 1.82) is 10.5 Å². The Hall–Kier alpha value is -2.64. The SMILES string of the molecule is N#CCc1c(C(F)(F)F)c(C(F)(F)F)c(C#N)c(C(F)(F)F)c1C(F)(F)F. The van der Waals surface area contributed by atoms with E-state index in [9.17, 15) is 52.7 Å². The van der Waals surface area contributed by atoms with E-state index >= 15 is 0 Å². The van der Waals surface area contributed by atoms with Crippen LogP contribution in [0.15, 0.2) is 0 Å². The number of nitrogens with zero attached hydrogens (tertiary/aromatic N) is 2. The summed E-state index contributed by atoms with van der Waals surface area (Å²) >= 11 is 0. The fourth-order valence-corrected chi connectivity index (χ4v) is 2.36. The van der Waals surface area contributed by atoms with Crippen molar-refractivity contribution < 1.29 is 52.7 Å². The Morgan fingerprint density at radius 3 is 1.04 bits per heavy atom. The van der Waals surface area contributed by atoms with E-state index in [-0.39, 0.29) is 6.07 Å². The molecule has 2 nitrogen and oxygen atoms in total. The van der Waals surface area contributed by atoms with Crippen molar-refractivity contribution >= 4 is 0 Å². The van der Waals surface area contributed by atoms with Gasteiger partial charge >= 0.3 is 24.7 Å². The van der Waals surface area contributed by atoms with Gasteiger partial charge in [-0.25, -0.2) is 0 Å². The van der Waals surface area contributed by atoms with Crippen molar-refractivity contribution in [2.45, 2.75) is 31.1 Å². The molecule has 0 bridgehead atoms. The lowest BCUT2D eigenvalue weighted by Crippen LogP contribution is -2.29. The second kappa shape index (κ2) is 6.51. The summed E-state index contributed by atoms with van der Waals surface area (Å²) in [6.45, 7) is 0. The molecule has 0 unspecified atom stereocenters. The highest BCUT2D eigenvalue weighted by Crippen LogP contribution is 2.52. The molecule has 0 atom stereocenters. The van der Waals surface area contributed by atoms with Crippen LogP contribution in [0.5, 0.6) is 0 Å². The molecule has 0 spiro atoms. The van der Waals surface area contributed by atoms with E-state index in [0.717, 1.165) is 0 Å². The van der Waals surface area contributed by atoms with Crippen LogP contribution < -0.4 is 0 Å². The lowest BCUT2D eigenvalue weighted by molar-refractivity contribution is -0.172. The number of nitriles is 2. The van der Waals surface area contributed by atoms with Crippen LogP contribution in [0, 0.1) is 22.7 Å². The maximum atomic E-state index is 13.1. The molecule has 0 radical (unpaired) electrons. The molecule has 1 aromatic rings. The Kier molecular flexibility index (Phi) is 5.40. The molecule has 1 aromatic carbocycles. The highest BCUT2D eigenvalue weighted by atomic mass is 19.4. The van der Waals surface area contributed by atoms with Crippen LogP contribution in [0.2, 0.25) is 0 Å². The number of rotatable bonds is 1. The number of hydrogen-bond acceptors (Lipinski definition) is 2. The smallest absolute Gasteiger partial charge is 0.198 e. The van der Waals surface area contributed by atoms with Gasteiger partial charge in [0.1, 0.15) is 6.07 Å². The number of hydrogen-bond donors (Lipinski definition) is 0. The topological polar surface area (TPSA) is 47.6 Å². The second-order valence-corrected chi connectivity index (χ2v) is 4.79. The van der Waals surface area contributed by atoms with Gasteiger partial charge in [0.05, 0.1) is 40.3 Å². The van der Waals surface area contributed by atoms with Crippen molar-refractivity contribution in [2.24, 2.45) is 0 Å². The van der Waals surface area contributed by atoms with Crippen LogP contribution in [0.25, 0.3) is 0 Å². The summed E-state index contributed by atoms with van der Waals surface area (Å²) in [4.78, 5) is 0. The molecular weight excluding hydrogens is 412 g/mol. The molecule has 0 aliphatic rings. The first-order chi connectivity index (χ1) is 11.9. The molecule has 148 valence electrons. The summed E-state index contributed by atoms with van der Waals surface area (Å²) < 4.78 is 157. The fraction of sp³-hybridized carbons (Fsp3) is 0.385. The Morgan fingerprint density at radius 2 is 0.852 bits per heavy atom. The van der Waals surface area contributed by atoms with Gasteiger partial charge in [-0.2, -0.15) is 63.2 Å². The van der Waals surface area contributed by atoms with Crippen LogP contribution >= 0.6 is 0 Å². The summed E-state index contributed by atoms with van der Waals surface area (Å²) in [6.07, 6.45) is -27.1. The van der Waals surface area contributed by atoms with Crippen molar-refractivity contribution in [1.82, 2.24) is 0 Å². The van der Waals surface area contributed by atoms with E-state index in [4.69, 9.17) is 10.5 Å². The van der Waals surface area contributed by atoms with Gasteiger partial charge in [-0.3, -0.25) is 0 Å². The van der Waals surface area contributed by atoms with E-state index in [1.165, 1.54) is 0 Å². The summed E-state index contributed by atoms with van der Waals surface area (Å²) in [6, 6.07) is 0.835. The van der Waals surface area contributed by atoms with Crippen LogP contribution in [0.4, 0.5) is 52.7 Å². The molecule has 0 amide bonds. The van der Waals surface area contributed by atoms with E-state index in [1.54, 1.807) is 0 Å². The van der Waals surface area contributed by atoms with Crippen molar-refractivity contribution in [3.05, 3.63) is 33.4 Å². The maximum Gasteiger partial charge on any atom is 0.418 e. The number of benzene rings is 1. The first kappa shape index (κ1) is 22.4. The summed E-state index contributed by atoms with van der Waals surface area (Å²) in [7, 11) is 0. The molecule has 0 saturated heterocycles. The van der Waals surface area contributed by atoms with Gasteiger partial charge in [-0.1, -0.05) is 0 Å². The molecule has 27 heavy (non-hydrogen) atoms. The predicted octanol–water partition coefficient (Wildman–Crippen LogP) is 5.70. The van der Waals surface area contributed by atoms with E-state index < -0.39 is 64.5 Å². The predicted molar refractivity (Wildman–Crippen MR) is 60.5 cm³/mol. The zero-order valence-corrected chi connectivity index (χ0v) is 12.1. The first-order valence-corrected chi connectivity index (χ1v) is 6.17. The van der Waals surface area contributed by atoms with Crippen LogP contribution in [-0.2, 0) is 31.1 Å². The number of alkyl halides is 12. The molecule has 0 N–H and O–H groups in total. The van der Waals surface area contributed by atoms with Crippen LogP contribution in [0.1, 0.15) is 33.4 Å². The summed E-state index contributed by atoms with van der Waals surface area (Å²) in [5.41, 5.74) is -18.2. The third kappa shape index (κ3) is 4.20. The standard InChI is InChI=1S/C13H2F12N2/c14-10(15,16)6-4(1-2-26)7(11(17,18)19)9(13(23,24)25)5(3-27)8(6)12(20,21)22/h1H2. The Balaban J connectivity index is 4.57. The molecule has 14 heteroatoms. The fourth-order valence-electron chi connectivity index (χ4n) is 2.36. The quantitative estimate of drug-likeness (QED) is 0.554. The lowest BCUT2D eigenvalue weighted by Gasteiger charge is -2.27. The third-order valence-corrected chi connectivity index (χ3v) is 3.11. The number of halogens is 12. The van der Waals surface area contributed by atoms with Gasteiger partial charge < -0.3 is 0 Å². The molecule has 1 rings (SSSR count). The zero-order chi connectivity index (χ0) is 21.6. The minimum absolute atomic E-state index is 0.149. The van der Waals surface area contributed by atoms with Gasteiger partial charge in [-0.05, 0) is 5.56 Å². The lowest BCUT2D eigenvalue weighted by atomic mass is 9.84. The monoisotopic (exact) mass is 414 g/mol. The van der Waals surface area contributed by atoms with Crippen LogP contribution in [0.3, 0.4) is 0 Å². The molecule has 0 fully saturated rings. The second-order valence-electron chi connectivity index (χ2n) is 4.79.